The summed E-state index contributed by atoms with van der Waals surface area (Å²) in [7, 11) is 0. The zero-order valence-corrected chi connectivity index (χ0v) is 14.6. The Kier molecular flexibility index (Phi) is 5.50. The highest BCUT2D eigenvalue weighted by molar-refractivity contribution is 5.89. The number of para-hydroxylation sites is 1. The average molecular weight is 339 g/mol. The number of amides is 2. The molecule has 1 aliphatic rings. The Labute approximate surface area is 148 Å². The van der Waals surface area contributed by atoms with Gasteiger partial charge in [-0.1, -0.05) is 30.4 Å². The maximum Gasteiger partial charge on any atom is 0.319 e. The van der Waals surface area contributed by atoms with Crippen LogP contribution in [-0.2, 0) is 0 Å². The fraction of sp³-hybridized carbons (Fsp3) is 0.368. The summed E-state index contributed by atoms with van der Waals surface area (Å²) in [6.45, 7) is 8.93. The second-order valence-electron chi connectivity index (χ2n) is 6.62. The van der Waals surface area contributed by atoms with Crippen LogP contribution in [0.2, 0.25) is 0 Å². The number of likely N-dealkylation sites (tertiary alicyclic amines) is 1. The lowest BCUT2D eigenvalue weighted by Gasteiger charge is -2.32. The minimum Gasteiger partial charge on any atom is -0.335 e. The van der Waals surface area contributed by atoms with E-state index in [0.29, 0.717) is 5.69 Å². The van der Waals surface area contributed by atoms with Gasteiger partial charge in [-0.05, 0) is 31.9 Å². The molecule has 1 aliphatic heterocycles. The molecule has 1 aromatic carbocycles. The minimum atomic E-state index is -0.175. The van der Waals surface area contributed by atoms with Crippen LogP contribution in [0.25, 0.3) is 5.69 Å². The number of nitrogens with one attached hydrogen (secondary N) is 2. The van der Waals surface area contributed by atoms with E-state index in [9.17, 15) is 4.79 Å². The van der Waals surface area contributed by atoms with Crippen molar-refractivity contribution in [1.29, 1.82) is 0 Å². The molecule has 0 atom stereocenters. The third-order valence-corrected chi connectivity index (χ3v) is 4.28. The summed E-state index contributed by atoms with van der Waals surface area (Å²) in [5, 5.41) is 10.2. The van der Waals surface area contributed by atoms with Crippen LogP contribution in [0.5, 0.6) is 0 Å². The van der Waals surface area contributed by atoms with Gasteiger partial charge in [0.2, 0.25) is 0 Å². The summed E-state index contributed by atoms with van der Waals surface area (Å²) in [6.07, 6.45) is 5.39. The van der Waals surface area contributed by atoms with E-state index in [4.69, 9.17) is 0 Å². The predicted molar refractivity (Wildman–Crippen MR) is 100.0 cm³/mol. The molecule has 2 aromatic rings. The van der Waals surface area contributed by atoms with Crippen molar-refractivity contribution in [2.24, 2.45) is 0 Å². The van der Waals surface area contributed by atoms with Crippen molar-refractivity contribution in [1.82, 2.24) is 20.0 Å². The van der Waals surface area contributed by atoms with Gasteiger partial charge in [0.25, 0.3) is 0 Å². The normalized spacial score (nSPS) is 15.7. The monoisotopic (exact) mass is 339 g/mol. The summed E-state index contributed by atoms with van der Waals surface area (Å²) >= 11 is 0. The van der Waals surface area contributed by atoms with Crippen molar-refractivity contribution in [3.05, 3.63) is 54.9 Å². The molecular weight excluding hydrogens is 314 g/mol. The number of hydrogen-bond acceptors (Lipinski definition) is 3. The average Bonchev–Trinajstić information content (AvgIpc) is 3.05. The van der Waals surface area contributed by atoms with Gasteiger partial charge in [0.05, 0.1) is 23.8 Å². The molecule has 0 unspecified atom stereocenters. The number of carbonyl (C=O) groups excluding carboxylic acids is 1. The molecule has 2 amide bonds. The third-order valence-electron chi connectivity index (χ3n) is 4.28. The Hall–Kier alpha value is -2.60. The second kappa shape index (κ2) is 7.98. The number of piperidine rings is 1. The molecule has 3 rings (SSSR count). The molecule has 1 aromatic heterocycles. The van der Waals surface area contributed by atoms with Gasteiger partial charge in [0.15, 0.2) is 0 Å². The predicted octanol–water partition coefficient (Wildman–Crippen LogP) is 3.03. The van der Waals surface area contributed by atoms with E-state index in [-0.39, 0.29) is 12.1 Å². The van der Waals surface area contributed by atoms with Crippen molar-refractivity contribution in [2.75, 3.05) is 25.0 Å². The Morgan fingerprint density at radius 1 is 1.28 bits per heavy atom. The van der Waals surface area contributed by atoms with Crippen molar-refractivity contribution in [3.63, 3.8) is 0 Å². The summed E-state index contributed by atoms with van der Waals surface area (Å²) in [5.74, 6) is 0. The van der Waals surface area contributed by atoms with Gasteiger partial charge in [-0.15, -0.1) is 0 Å². The van der Waals surface area contributed by atoms with Crippen LogP contribution in [0.3, 0.4) is 0 Å². The van der Waals surface area contributed by atoms with Crippen LogP contribution in [0.1, 0.15) is 19.8 Å². The largest absolute Gasteiger partial charge is 0.335 e. The van der Waals surface area contributed by atoms with Gasteiger partial charge in [-0.3, -0.25) is 4.90 Å². The van der Waals surface area contributed by atoms with Crippen molar-refractivity contribution < 1.29 is 4.79 Å². The lowest BCUT2D eigenvalue weighted by Crippen LogP contribution is -2.46. The molecule has 0 bridgehead atoms. The fourth-order valence-corrected chi connectivity index (χ4v) is 3.08. The standard InChI is InChI=1S/C19H25N5O/c1-15(2)13-23-10-8-16(9-11-23)21-19(25)22-17-12-20-24(14-17)18-6-4-3-5-7-18/h3-7,12,14,16H,1,8-11,13H2,2H3,(H2,21,22,25). The van der Waals surface area contributed by atoms with Crippen molar-refractivity contribution in [3.8, 4) is 5.69 Å². The molecule has 2 N–H and O–H groups in total. The van der Waals surface area contributed by atoms with E-state index in [0.717, 1.165) is 38.2 Å². The second-order valence-corrected chi connectivity index (χ2v) is 6.62. The zero-order chi connectivity index (χ0) is 17.6. The van der Waals surface area contributed by atoms with Crippen LogP contribution in [-0.4, -0.2) is 46.4 Å². The van der Waals surface area contributed by atoms with Gasteiger partial charge in [0.1, 0.15) is 0 Å². The number of nitrogens with zero attached hydrogens (tertiary/aromatic N) is 3. The first-order chi connectivity index (χ1) is 12.1. The molecule has 2 heterocycles. The molecule has 1 saturated heterocycles. The number of benzene rings is 1. The molecule has 0 spiro atoms. The zero-order valence-electron chi connectivity index (χ0n) is 14.6. The van der Waals surface area contributed by atoms with Gasteiger partial charge in [-0.25, -0.2) is 9.48 Å². The number of carbonyl (C=O) groups is 1. The molecule has 6 nitrogen and oxygen atoms in total. The van der Waals surface area contributed by atoms with Gasteiger partial charge in [-0.2, -0.15) is 5.10 Å². The van der Waals surface area contributed by atoms with E-state index < -0.39 is 0 Å². The molecular formula is C19H25N5O. The van der Waals surface area contributed by atoms with Crippen LogP contribution in [0.4, 0.5) is 10.5 Å². The van der Waals surface area contributed by atoms with Crippen LogP contribution < -0.4 is 10.6 Å². The topological polar surface area (TPSA) is 62.2 Å². The first-order valence-corrected chi connectivity index (χ1v) is 8.64. The molecule has 6 heteroatoms. The Morgan fingerprint density at radius 3 is 2.68 bits per heavy atom. The van der Waals surface area contributed by atoms with Gasteiger partial charge < -0.3 is 10.6 Å². The summed E-state index contributed by atoms with van der Waals surface area (Å²) in [5.41, 5.74) is 2.82. The van der Waals surface area contributed by atoms with Crippen molar-refractivity contribution >= 4 is 11.7 Å². The van der Waals surface area contributed by atoms with Crippen molar-refractivity contribution in [2.45, 2.75) is 25.8 Å². The summed E-state index contributed by atoms with van der Waals surface area (Å²) < 4.78 is 1.74. The highest BCUT2D eigenvalue weighted by atomic mass is 16.2. The van der Waals surface area contributed by atoms with E-state index >= 15 is 0 Å². The highest BCUT2D eigenvalue weighted by Crippen LogP contribution is 2.13. The van der Waals surface area contributed by atoms with Gasteiger partial charge in [0, 0.05) is 25.7 Å². The number of hydrogen-bond donors (Lipinski definition) is 2. The van der Waals surface area contributed by atoms with E-state index in [2.05, 4.69) is 27.2 Å². The molecule has 0 saturated carbocycles. The number of urea groups is 1. The SMILES string of the molecule is C=C(C)CN1CCC(NC(=O)Nc2cnn(-c3ccccc3)c2)CC1. The van der Waals surface area contributed by atoms with E-state index in [1.165, 1.54) is 5.57 Å². The first-order valence-electron chi connectivity index (χ1n) is 8.64. The Balaban J connectivity index is 1.47. The first kappa shape index (κ1) is 17.2. The third kappa shape index (κ3) is 4.93. The van der Waals surface area contributed by atoms with E-state index in [1.807, 2.05) is 43.5 Å². The van der Waals surface area contributed by atoms with Gasteiger partial charge >= 0.3 is 6.03 Å². The smallest absolute Gasteiger partial charge is 0.319 e. The number of aromatic nitrogens is 2. The molecule has 25 heavy (non-hydrogen) atoms. The molecule has 1 fully saturated rings. The maximum atomic E-state index is 12.2. The Bertz CT molecular complexity index is 716. The van der Waals surface area contributed by atoms with Crippen LogP contribution >= 0.6 is 0 Å². The lowest BCUT2D eigenvalue weighted by atomic mass is 10.0. The van der Waals surface area contributed by atoms with E-state index in [1.54, 1.807) is 10.9 Å². The Morgan fingerprint density at radius 2 is 2.00 bits per heavy atom. The lowest BCUT2D eigenvalue weighted by molar-refractivity contribution is 0.207. The molecule has 0 aliphatic carbocycles. The number of rotatable bonds is 5. The minimum absolute atomic E-state index is 0.175. The van der Waals surface area contributed by atoms with Crippen LogP contribution in [0, 0.1) is 0 Å². The highest BCUT2D eigenvalue weighted by Gasteiger charge is 2.20. The summed E-state index contributed by atoms with van der Waals surface area (Å²) in [4.78, 5) is 14.6. The summed E-state index contributed by atoms with van der Waals surface area (Å²) in [6, 6.07) is 9.84. The maximum absolute atomic E-state index is 12.2. The fourth-order valence-electron chi connectivity index (χ4n) is 3.08. The molecule has 0 radical (unpaired) electrons. The van der Waals surface area contributed by atoms with Crippen LogP contribution in [0.15, 0.2) is 54.9 Å². The molecule has 132 valence electrons. The quantitative estimate of drug-likeness (QED) is 0.823. The number of anilines is 1.